The summed E-state index contributed by atoms with van der Waals surface area (Å²) in [6.45, 7) is 3.13. The molecule has 2 fully saturated rings. The van der Waals surface area contributed by atoms with Gasteiger partial charge < -0.3 is 5.11 Å². The Morgan fingerprint density at radius 3 is 2.68 bits per heavy atom. The summed E-state index contributed by atoms with van der Waals surface area (Å²) in [5.74, 6) is 0. The van der Waals surface area contributed by atoms with Crippen molar-refractivity contribution in [1.29, 1.82) is 0 Å². The van der Waals surface area contributed by atoms with Gasteiger partial charge in [-0.3, -0.25) is 4.90 Å². The summed E-state index contributed by atoms with van der Waals surface area (Å²) >= 11 is 1.81. The molecular weight excluding hydrogens is 292 g/mol. The van der Waals surface area contributed by atoms with Crippen LogP contribution in [-0.2, 0) is 6.54 Å². The molecule has 2 aromatic rings. The first kappa shape index (κ1) is 14.4. The van der Waals surface area contributed by atoms with Crippen LogP contribution in [0.5, 0.6) is 0 Å². The highest BCUT2D eigenvalue weighted by molar-refractivity contribution is 7.15. The molecule has 1 unspecified atom stereocenters. The summed E-state index contributed by atoms with van der Waals surface area (Å²) in [6.07, 6.45) is 6.32. The highest BCUT2D eigenvalue weighted by Gasteiger charge is 2.40. The summed E-state index contributed by atoms with van der Waals surface area (Å²) in [6, 6.07) is 9.58. The van der Waals surface area contributed by atoms with Crippen LogP contribution in [0.4, 0.5) is 0 Å². The van der Waals surface area contributed by atoms with Crippen molar-refractivity contribution in [2.24, 2.45) is 0 Å². The van der Waals surface area contributed by atoms with Crippen molar-refractivity contribution in [3.63, 3.8) is 0 Å². The average Bonchev–Trinajstić information content (AvgIpc) is 3.04. The van der Waals surface area contributed by atoms with Gasteiger partial charge in [0.25, 0.3) is 0 Å². The van der Waals surface area contributed by atoms with Gasteiger partial charge in [0.1, 0.15) is 5.01 Å². The molecule has 2 aliphatic heterocycles. The molecule has 2 saturated heterocycles. The zero-order valence-corrected chi connectivity index (χ0v) is 13.7. The molecule has 3 atom stereocenters. The van der Waals surface area contributed by atoms with Gasteiger partial charge >= 0.3 is 0 Å². The molecule has 1 aromatic carbocycles. The molecule has 2 bridgehead atoms. The van der Waals surface area contributed by atoms with E-state index in [0.717, 1.165) is 24.4 Å². The molecule has 22 heavy (non-hydrogen) atoms. The molecule has 2 aliphatic rings. The van der Waals surface area contributed by atoms with Crippen molar-refractivity contribution in [1.82, 2.24) is 9.88 Å². The molecule has 0 saturated carbocycles. The third kappa shape index (κ3) is 2.60. The number of nitrogens with zero attached hydrogens (tertiary/aromatic N) is 2. The lowest BCUT2D eigenvalue weighted by Gasteiger charge is -2.36. The molecule has 0 amide bonds. The Bertz CT molecular complexity index is 655. The number of aryl methyl sites for hydroxylation is 1. The third-order valence-corrected chi connectivity index (χ3v) is 6.14. The highest BCUT2D eigenvalue weighted by Crippen LogP contribution is 2.38. The van der Waals surface area contributed by atoms with Crippen molar-refractivity contribution in [2.45, 2.75) is 57.3 Å². The van der Waals surface area contributed by atoms with Crippen LogP contribution in [0.2, 0.25) is 0 Å². The Hall–Kier alpha value is -1.23. The second kappa shape index (κ2) is 5.76. The van der Waals surface area contributed by atoms with E-state index in [-0.39, 0.29) is 6.10 Å². The number of rotatable bonds is 3. The molecule has 0 radical (unpaired) electrons. The first-order valence-electron chi connectivity index (χ1n) is 8.15. The van der Waals surface area contributed by atoms with Crippen molar-refractivity contribution < 1.29 is 5.11 Å². The summed E-state index contributed by atoms with van der Waals surface area (Å²) in [5.41, 5.74) is 2.53. The van der Waals surface area contributed by atoms with E-state index in [2.05, 4.69) is 41.1 Å². The molecule has 3 heterocycles. The highest BCUT2D eigenvalue weighted by atomic mass is 32.1. The maximum atomic E-state index is 9.92. The predicted molar refractivity (Wildman–Crippen MR) is 89.9 cm³/mol. The van der Waals surface area contributed by atoms with E-state index in [9.17, 15) is 5.11 Å². The topological polar surface area (TPSA) is 36.4 Å². The summed E-state index contributed by atoms with van der Waals surface area (Å²) in [7, 11) is 0. The fraction of sp³-hybridized carbons (Fsp3) is 0.500. The minimum absolute atomic E-state index is 0.0854. The standard InChI is InChI=1S/C18H22N2OS/c1-12-4-2-3-5-17(12)18-19-10-16(22-18)11-20-13-6-7-14(20)9-15(21)8-13/h2-5,10,13-15,21H,6-9,11H2,1H3/t13-,14+,15?. The van der Waals surface area contributed by atoms with Crippen LogP contribution in [0.1, 0.15) is 36.1 Å². The number of hydrogen-bond donors (Lipinski definition) is 1. The maximum absolute atomic E-state index is 9.92. The lowest BCUT2D eigenvalue weighted by molar-refractivity contribution is 0.0315. The molecule has 4 rings (SSSR count). The number of aromatic nitrogens is 1. The molecular formula is C18H22N2OS. The van der Waals surface area contributed by atoms with Gasteiger partial charge in [0.2, 0.25) is 0 Å². The Labute approximate surface area is 135 Å². The van der Waals surface area contributed by atoms with Crippen LogP contribution in [-0.4, -0.2) is 33.2 Å². The Balaban J connectivity index is 1.52. The smallest absolute Gasteiger partial charge is 0.123 e. The normalized spacial score (nSPS) is 28.2. The third-order valence-electron chi connectivity index (χ3n) is 5.13. The van der Waals surface area contributed by atoms with Crippen LogP contribution in [0, 0.1) is 6.92 Å². The maximum Gasteiger partial charge on any atom is 0.123 e. The quantitative estimate of drug-likeness (QED) is 0.940. The lowest BCUT2D eigenvalue weighted by atomic mass is 10.00. The van der Waals surface area contributed by atoms with Gasteiger partial charge in [-0.15, -0.1) is 11.3 Å². The van der Waals surface area contributed by atoms with Gasteiger partial charge in [-0.25, -0.2) is 4.98 Å². The van der Waals surface area contributed by atoms with Gasteiger partial charge in [0.05, 0.1) is 6.10 Å². The lowest BCUT2D eigenvalue weighted by Crippen LogP contribution is -2.43. The summed E-state index contributed by atoms with van der Waals surface area (Å²) in [5, 5.41) is 11.0. The van der Waals surface area contributed by atoms with Crippen LogP contribution >= 0.6 is 11.3 Å². The van der Waals surface area contributed by atoms with Crippen LogP contribution in [0.25, 0.3) is 10.6 Å². The molecule has 1 N–H and O–H groups in total. The Kier molecular flexibility index (Phi) is 3.76. The molecule has 0 spiro atoms. The van der Waals surface area contributed by atoms with E-state index >= 15 is 0 Å². The molecule has 116 valence electrons. The van der Waals surface area contributed by atoms with Gasteiger partial charge in [-0.2, -0.15) is 0 Å². The van der Waals surface area contributed by atoms with Gasteiger partial charge in [-0.1, -0.05) is 24.3 Å². The van der Waals surface area contributed by atoms with Gasteiger partial charge in [0.15, 0.2) is 0 Å². The fourth-order valence-electron chi connectivity index (χ4n) is 4.00. The van der Waals surface area contributed by atoms with Crippen molar-refractivity contribution in [2.75, 3.05) is 0 Å². The van der Waals surface area contributed by atoms with E-state index in [1.165, 1.54) is 28.8 Å². The molecule has 3 nitrogen and oxygen atoms in total. The number of piperidine rings is 1. The monoisotopic (exact) mass is 314 g/mol. The SMILES string of the molecule is Cc1ccccc1-c1ncc(CN2[C@@H]3CC[C@H]2CC(O)C3)s1. The van der Waals surface area contributed by atoms with E-state index in [0.29, 0.717) is 12.1 Å². The number of aliphatic hydroxyl groups excluding tert-OH is 1. The van der Waals surface area contributed by atoms with Crippen molar-refractivity contribution >= 4 is 11.3 Å². The summed E-state index contributed by atoms with van der Waals surface area (Å²) < 4.78 is 0. The van der Waals surface area contributed by atoms with E-state index in [1.54, 1.807) is 0 Å². The summed E-state index contributed by atoms with van der Waals surface area (Å²) in [4.78, 5) is 8.58. The number of thiazole rings is 1. The molecule has 1 aromatic heterocycles. The first-order chi connectivity index (χ1) is 10.7. The van der Waals surface area contributed by atoms with Gasteiger partial charge in [0, 0.05) is 35.3 Å². The van der Waals surface area contributed by atoms with Gasteiger partial charge in [-0.05, 0) is 38.2 Å². The molecule has 0 aliphatic carbocycles. The minimum Gasteiger partial charge on any atom is -0.393 e. The predicted octanol–water partition coefficient (Wildman–Crippen LogP) is 3.61. The van der Waals surface area contributed by atoms with Crippen molar-refractivity contribution in [3.8, 4) is 10.6 Å². The number of fused-ring (bicyclic) bond motifs is 2. The largest absolute Gasteiger partial charge is 0.393 e. The average molecular weight is 314 g/mol. The zero-order chi connectivity index (χ0) is 15.1. The van der Waals surface area contributed by atoms with Crippen LogP contribution in [0.3, 0.4) is 0 Å². The van der Waals surface area contributed by atoms with E-state index in [4.69, 9.17) is 0 Å². The number of benzene rings is 1. The number of aliphatic hydroxyl groups is 1. The van der Waals surface area contributed by atoms with E-state index < -0.39 is 0 Å². The fourth-order valence-corrected chi connectivity index (χ4v) is 5.01. The Morgan fingerprint density at radius 1 is 1.23 bits per heavy atom. The second-order valence-electron chi connectivity index (χ2n) is 6.63. The molecule has 4 heteroatoms. The van der Waals surface area contributed by atoms with Crippen LogP contribution < -0.4 is 0 Å². The second-order valence-corrected chi connectivity index (χ2v) is 7.74. The Morgan fingerprint density at radius 2 is 1.95 bits per heavy atom. The first-order valence-corrected chi connectivity index (χ1v) is 8.97. The number of hydrogen-bond acceptors (Lipinski definition) is 4. The van der Waals surface area contributed by atoms with E-state index in [1.807, 2.05) is 17.5 Å². The minimum atomic E-state index is -0.0854. The van der Waals surface area contributed by atoms with Crippen molar-refractivity contribution in [3.05, 3.63) is 40.9 Å². The zero-order valence-electron chi connectivity index (χ0n) is 12.9. The van der Waals surface area contributed by atoms with Crippen LogP contribution in [0.15, 0.2) is 30.5 Å².